The van der Waals surface area contributed by atoms with Crippen molar-refractivity contribution in [2.24, 2.45) is 5.92 Å². The molecule has 2 aromatic rings. The van der Waals surface area contributed by atoms with Crippen LogP contribution in [-0.2, 0) is 13.1 Å². The number of imidazole rings is 1. The summed E-state index contributed by atoms with van der Waals surface area (Å²) in [5.41, 5.74) is 2.20. The molecule has 134 valence electrons. The van der Waals surface area contributed by atoms with Gasteiger partial charge in [0.1, 0.15) is 0 Å². The van der Waals surface area contributed by atoms with E-state index in [-0.39, 0.29) is 28.5 Å². The Labute approximate surface area is 159 Å². The standard InChI is InChI=1S/C20H25N2O2.BrH/c1-5-6-11-21-14(4)22(12-13(2)3)18-17(21)19(23)15-9-7-8-10-16(15)20(18)24;/h7-10,13H,5-6,11-12H2,1-4H3;1H/q+1;/p-1. The SMILES string of the molecule is CCCCn1c2c([n+](CC(C)C)c1C)C(=O)c1ccccc1C2=O.[Br-]. The summed E-state index contributed by atoms with van der Waals surface area (Å²) in [6, 6.07) is 7.17. The zero-order valence-corrected chi connectivity index (χ0v) is 16.9. The molecule has 4 nitrogen and oxygen atoms in total. The average molecular weight is 405 g/mol. The van der Waals surface area contributed by atoms with Gasteiger partial charge in [0.05, 0.1) is 13.1 Å². The third-order valence-corrected chi connectivity index (χ3v) is 4.67. The lowest BCUT2D eigenvalue weighted by atomic mass is 9.89. The van der Waals surface area contributed by atoms with Crippen LogP contribution in [0.5, 0.6) is 0 Å². The Morgan fingerprint density at radius 3 is 2.24 bits per heavy atom. The monoisotopic (exact) mass is 404 g/mol. The highest BCUT2D eigenvalue weighted by Crippen LogP contribution is 2.27. The molecule has 3 rings (SSSR count). The van der Waals surface area contributed by atoms with Gasteiger partial charge in [-0.05, 0) is 12.3 Å². The van der Waals surface area contributed by atoms with Crippen molar-refractivity contribution in [1.82, 2.24) is 4.57 Å². The van der Waals surface area contributed by atoms with E-state index in [1.54, 1.807) is 12.1 Å². The molecule has 0 bridgehead atoms. The average Bonchev–Trinajstić information content (AvgIpc) is 2.83. The van der Waals surface area contributed by atoms with E-state index in [0.717, 1.165) is 31.8 Å². The van der Waals surface area contributed by atoms with Gasteiger partial charge >= 0.3 is 0 Å². The molecule has 0 saturated carbocycles. The molecule has 5 heteroatoms. The van der Waals surface area contributed by atoms with E-state index in [2.05, 4.69) is 25.3 Å². The molecule has 0 saturated heterocycles. The van der Waals surface area contributed by atoms with Gasteiger partial charge in [0.2, 0.25) is 23.0 Å². The molecule has 0 N–H and O–H groups in total. The summed E-state index contributed by atoms with van der Waals surface area (Å²) in [6.45, 7) is 9.93. The molecule has 0 aliphatic heterocycles. The maximum absolute atomic E-state index is 13.1. The highest BCUT2D eigenvalue weighted by atomic mass is 79.9. The summed E-state index contributed by atoms with van der Waals surface area (Å²) in [6.07, 6.45) is 2.04. The third kappa shape index (κ3) is 3.22. The van der Waals surface area contributed by atoms with Crippen LogP contribution >= 0.6 is 0 Å². The smallest absolute Gasteiger partial charge is 0.254 e. The Morgan fingerprint density at radius 1 is 1.08 bits per heavy atom. The number of halogens is 1. The van der Waals surface area contributed by atoms with E-state index in [9.17, 15) is 9.59 Å². The number of unbranched alkanes of at least 4 members (excludes halogenated alkanes) is 1. The van der Waals surface area contributed by atoms with Crippen LogP contribution in [0.15, 0.2) is 24.3 Å². The van der Waals surface area contributed by atoms with Gasteiger partial charge in [0.25, 0.3) is 5.82 Å². The number of carbonyl (C=O) groups is 2. The second kappa shape index (κ2) is 7.65. The van der Waals surface area contributed by atoms with Gasteiger partial charge in [0, 0.05) is 18.1 Å². The van der Waals surface area contributed by atoms with Gasteiger partial charge in [0.15, 0.2) is 0 Å². The minimum Gasteiger partial charge on any atom is -1.00 e. The Kier molecular flexibility index (Phi) is 5.99. The van der Waals surface area contributed by atoms with E-state index in [4.69, 9.17) is 0 Å². The van der Waals surface area contributed by atoms with Crippen molar-refractivity contribution in [3.8, 4) is 0 Å². The van der Waals surface area contributed by atoms with Crippen molar-refractivity contribution in [3.63, 3.8) is 0 Å². The van der Waals surface area contributed by atoms with Crippen LogP contribution in [0, 0.1) is 12.8 Å². The molecule has 0 radical (unpaired) electrons. The van der Waals surface area contributed by atoms with Crippen LogP contribution in [0.25, 0.3) is 0 Å². The number of rotatable bonds is 5. The van der Waals surface area contributed by atoms with Crippen molar-refractivity contribution >= 4 is 11.6 Å². The second-order valence-corrected chi connectivity index (χ2v) is 6.96. The van der Waals surface area contributed by atoms with Crippen molar-refractivity contribution < 1.29 is 31.1 Å². The largest absolute Gasteiger partial charge is 1.00 e. The van der Waals surface area contributed by atoms with E-state index in [1.165, 1.54) is 0 Å². The third-order valence-electron chi connectivity index (χ3n) is 4.67. The minimum absolute atomic E-state index is 0. The van der Waals surface area contributed by atoms with Crippen LogP contribution in [0.1, 0.15) is 71.5 Å². The predicted molar refractivity (Wildman–Crippen MR) is 92.4 cm³/mol. The molecular formula is C20H25BrN2O2. The van der Waals surface area contributed by atoms with Crippen molar-refractivity contribution in [2.45, 2.75) is 53.6 Å². The summed E-state index contributed by atoms with van der Waals surface area (Å²) in [5.74, 6) is 1.35. The predicted octanol–water partition coefficient (Wildman–Crippen LogP) is 0.320. The van der Waals surface area contributed by atoms with Crippen molar-refractivity contribution in [3.05, 3.63) is 52.6 Å². The summed E-state index contributed by atoms with van der Waals surface area (Å²) in [5, 5.41) is 0. The molecule has 1 aromatic carbocycles. The Balaban J connectivity index is 0.00000225. The second-order valence-electron chi connectivity index (χ2n) is 6.96. The Bertz CT molecular complexity index is 821. The van der Waals surface area contributed by atoms with Gasteiger partial charge in [-0.25, -0.2) is 9.13 Å². The Hall–Kier alpha value is -1.75. The Morgan fingerprint density at radius 2 is 1.68 bits per heavy atom. The van der Waals surface area contributed by atoms with Gasteiger partial charge in [-0.2, -0.15) is 0 Å². The zero-order valence-electron chi connectivity index (χ0n) is 15.3. The van der Waals surface area contributed by atoms with Crippen LogP contribution < -0.4 is 21.5 Å². The van der Waals surface area contributed by atoms with Crippen LogP contribution in [0.2, 0.25) is 0 Å². The molecule has 1 aliphatic carbocycles. The summed E-state index contributed by atoms with van der Waals surface area (Å²) < 4.78 is 4.10. The number of hydrogen-bond acceptors (Lipinski definition) is 2. The first-order valence-corrected chi connectivity index (χ1v) is 8.78. The summed E-state index contributed by atoms with van der Waals surface area (Å²) in [4.78, 5) is 26.2. The molecule has 0 fully saturated rings. The lowest BCUT2D eigenvalue weighted by Crippen LogP contribution is -3.00. The molecule has 1 heterocycles. The van der Waals surface area contributed by atoms with E-state index >= 15 is 0 Å². The number of ketones is 2. The van der Waals surface area contributed by atoms with Crippen LogP contribution in [-0.4, -0.2) is 16.1 Å². The molecule has 0 unspecified atom stereocenters. The normalized spacial score (nSPS) is 12.8. The highest BCUT2D eigenvalue weighted by molar-refractivity contribution is 6.26. The quantitative estimate of drug-likeness (QED) is 0.574. The summed E-state index contributed by atoms with van der Waals surface area (Å²) in [7, 11) is 0. The van der Waals surface area contributed by atoms with Gasteiger partial charge in [-0.15, -0.1) is 0 Å². The number of carbonyl (C=O) groups excluding carboxylic acids is 2. The minimum atomic E-state index is -0.0285. The number of nitrogens with zero attached hydrogens (tertiary/aromatic N) is 2. The molecule has 0 amide bonds. The molecule has 25 heavy (non-hydrogen) atoms. The fourth-order valence-corrected chi connectivity index (χ4v) is 3.50. The maximum atomic E-state index is 13.1. The van der Waals surface area contributed by atoms with Gasteiger partial charge in [-0.3, -0.25) is 9.59 Å². The number of benzene rings is 1. The van der Waals surface area contributed by atoms with E-state index < -0.39 is 0 Å². The van der Waals surface area contributed by atoms with Crippen molar-refractivity contribution in [2.75, 3.05) is 0 Å². The molecule has 1 aliphatic rings. The molecule has 0 atom stereocenters. The van der Waals surface area contributed by atoms with Gasteiger partial charge < -0.3 is 17.0 Å². The molecule has 0 spiro atoms. The van der Waals surface area contributed by atoms with Gasteiger partial charge in [-0.1, -0.05) is 51.5 Å². The topological polar surface area (TPSA) is 43.0 Å². The summed E-state index contributed by atoms with van der Waals surface area (Å²) >= 11 is 0. The zero-order chi connectivity index (χ0) is 17.4. The first kappa shape index (κ1) is 19.6. The molecule has 1 aromatic heterocycles. The fourth-order valence-electron chi connectivity index (χ4n) is 3.50. The highest BCUT2D eigenvalue weighted by Gasteiger charge is 2.42. The number of hydrogen-bond donors (Lipinski definition) is 0. The maximum Gasteiger partial charge on any atom is 0.254 e. The first-order valence-electron chi connectivity index (χ1n) is 8.78. The van der Waals surface area contributed by atoms with Crippen LogP contribution in [0.3, 0.4) is 0 Å². The van der Waals surface area contributed by atoms with E-state index in [0.29, 0.717) is 28.4 Å². The number of fused-ring (bicyclic) bond motifs is 2. The lowest BCUT2D eigenvalue weighted by molar-refractivity contribution is -0.709. The molecular weight excluding hydrogens is 380 g/mol. The first-order chi connectivity index (χ1) is 11.5. The van der Waals surface area contributed by atoms with Crippen molar-refractivity contribution in [1.29, 1.82) is 0 Å². The van der Waals surface area contributed by atoms with Crippen LogP contribution in [0.4, 0.5) is 0 Å². The lowest BCUT2D eigenvalue weighted by Gasteiger charge is -2.13. The number of aromatic nitrogens is 2. The fraction of sp³-hybridized carbons (Fsp3) is 0.450. The van der Waals surface area contributed by atoms with E-state index in [1.807, 2.05) is 23.6 Å².